The number of anilines is 4. The molecule has 0 bridgehead atoms. The number of likely N-dealkylation sites (N-methyl/N-ethyl adjacent to an activating group) is 1. The van der Waals surface area contributed by atoms with E-state index in [0.717, 1.165) is 37.7 Å². The molecule has 0 radical (unpaired) electrons. The van der Waals surface area contributed by atoms with Gasteiger partial charge in [0.1, 0.15) is 0 Å². The zero-order chi connectivity index (χ0) is 33.3. The van der Waals surface area contributed by atoms with Gasteiger partial charge in [-0.05, 0) is 87.1 Å². The van der Waals surface area contributed by atoms with Crippen LogP contribution in [0.4, 0.5) is 36.2 Å². The summed E-state index contributed by atoms with van der Waals surface area (Å²) < 4.78 is 39.1. The number of nitrogens with one attached hydrogen (secondary N) is 4. The van der Waals surface area contributed by atoms with Crippen molar-refractivity contribution < 1.29 is 27.6 Å². The summed E-state index contributed by atoms with van der Waals surface area (Å²) >= 11 is 0. The van der Waals surface area contributed by atoms with Crippen LogP contribution in [0.5, 0.6) is 0 Å². The Hall–Kier alpha value is -5.30. The molecule has 4 N–H and O–H groups in total. The third-order valence-corrected chi connectivity index (χ3v) is 6.89. The Morgan fingerprint density at radius 2 is 1.46 bits per heavy atom. The van der Waals surface area contributed by atoms with Crippen LogP contribution in [0, 0.1) is 6.92 Å². The number of benzene rings is 3. The van der Waals surface area contributed by atoms with E-state index in [-0.39, 0.29) is 28.7 Å². The average Bonchev–Trinajstić information content (AvgIpc) is 3.03. The first-order chi connectivity index (χ1) is 21.9. The van der Waals surface area contributed by atoms with Crippen LogP contribution in [0.2, 0.25) is 0 Å². The molecule has 0 atom stereocenters. The molecule has 4 rings (SSSR count). The fraction of sp³-hybridized carbons (Fsp3) is 0.242. The number of aromatic nitrogens is 2. The van der Waals surface area contributed by atoms with Crippen LogP contribution in [0.25, 0.3) is 0 Å². The van der Waals surface area contributed by atoms with Gasteiger partial charge in [0, 0.05) is 41.2 Å². The van der Waals surface area contributed by atoms with Gasteiger partial charge in [-0.25, -0.2) is 9.97 Å². The molecule has 0 aliphatic rings. The summed E-state index contributed by atoms with van der Waals surface area (Å²) in [5.41, 5.74) is 1.47. The van der Waals surface area contributed by atoms with Gasteiger partial charge in [0.2, 0.25) is 5.95 Å². The van der Waals surface area contributed by atoms with Crippen molar-refractivity contribution in [2.45, 2.75) is 26.4 Å². The number of carbonyl (C=O) groups excluding carboxylic acids is 3. The van der Waals surface area contributed by atoms with Crippen molar-refractivity contribution in [1.82, 2.24) is 20.2 Å². The van der Waals surface area contributed by atoms with Crippen molar-refractivity contribution in [1.29, 1.82) is 0 Å². The zero-order valence-corrected chi connectivity index (χ0v) is 25.5. The highest BCUT2D eigenvalue weighted by molar-refractivity contribution is 6.08. The maximum absolute atomic E-state index is 13.0. The van der Waals surface area contributed by atoms with Gasteiger partial charge in [-0.2, -0.15) is 13.2 Å². The van der Waals surface area contributed by atoms with Crippen LogP contribution in [0.3, 0.4) is 0 Å². The summed E-state index contributed by atoms with van der Waals surface area (Å²) in [6, 6.07) is 15.5. The number of alkyl halides is 3. The molecular weight excluding hydrogens is 599 g/mol. The minimum atomic E-state index is -4.58. The largest absolute Gasteiger partial charge is 0.416 e. The second kappa shape index (κ2) is 15.1. The van der Waals surface area contributed by atoms with Crippen molar-refractivity contribution in [2.75, 3.05) is 42.6 Å². The summed E-state index contributed by atoms with van der Waals surface area (Å²) in [4.78, 5) is 48.7. The van der Waals surface area contributed by atoms with E-state index in [0.29, 0.717) is 29.0 Å². The lowest BCUT2D eigenvalue weighted by Gasteiger charge is -2.15. The predicted octanol–water partition coefficient (Wildman–Crippen LogP) is 6.12. The molecule has 3 aromatic carbocycles. The third kappa shape index (κ3) is 9.35. The Balaban J connectivity index is 1.33. The molecule has 0 unspecified atom stereocenters. The van der Waals surface area contributed by atoms with Gasteiger partial charge in [-0.3, -0.25) is 14.4 Å². The van der Waals surface area contributed by atoms with Gasteiger partial charge in [0.05, 0.1) is 23.6 Å². The molecule has 0 fully saturated rings. The number of hydrogen-bond acceptors (Lipinski definition) is 7. The Morgan fingerprint density at radius 3 is 2.13 bits per heavy atom. The number of aryl methyl sites for hydroxylation is 1. The lowest BCUT2D eigenvalue weighted by atomic mass is 10.1. The van der Waals surface area contributed by atoms with E-state index < -0.39 is 23.6 Å². The summed E-state index contributed by atoms with van der Waals surface area (Å²) in [5.74, 6) is -1.14. The standard InChI is InChI=1S/C33H34F3N7O3/c1-4-15-43(3)16-14-37-29(44)22-9-12-25(13-10-22)42-32-38-19-27(20-39-32)41-31(46)28-18-26(11-8-21(28)2)40-30(45)23-6-5-7-24(17-23)33(34,35)36/h5-13,17-20H,4,14-16H2,1-3H3,(H,37,44)(H,40,45)(H,41,46)(H,38,39,42). The molecule has 1 aromatic heterocycles. The van der Waals surface area contributed by atoms with Crippen molar-refractivity contribution in [2.24, 2.45) is 0 Å². The van der Waals surface area contributed by atoms with Crippen LogP contribution in [-0.2, 0) is 6.18 Å². The van der Waals surface area contributed by atoms with Crippen LogP contribution in [0.1, 0.15) is 55.5 Å². The normalized spacial score (nSPS) is 11.2. The summed E-state index contributed by atoms with van der Waals surface area (Å²) in [6.45, 7) is 6.10. The lowest BCUT2D eigenvalue weighted by Crippen LogP contribution is -2.33. The van der Waals surface area contributed by atoms with Crippen molar-refractivity contribution in [3.8, 4) is 0 Å². The molecule has 0 saturated heterocycles. The maximum atomic E-state index is 13.0. The number of amides is 3. The van der Waals surface area contributed by atoms with E-state index in [1.165, 1.54) is 24.5 Å². The van der Waals surface area contributed by atoms with Crippen molar-refractivity contribution >= 4 is 40.7 Å². The summed E-state index contributed by atoms with van der Waals surface area (Å²) in [5, 5.41) is 11.2. The minimum absolute atomic E-state index is 0.160. The first-order valence-corrected chi connectivity index (χ1v) is 14.5. The molecule has 0 aliphatic heterocycles. The van der Waals surface area contributed by atoms with Crippen LogP contribution < -0.4 is 21.3 Å². The summed E-state index contributed by atoms with van der Waals surface area (Å²) in [7, 11) is 2.01. The summed E-state index contributed by atoms with van der Waals surface area (Å²) in [6.07, 6.45) is -0.701. The number of hydrogen-bond donors (Lipinski definition) is 4. The molecule has 10 nitrogen and oxygen atoms in total. The zero-order valence-electron chi connectivity index (χ0n) is 25.5. The van der Waals surface area contributed by atoms with Gasteiger partial charge in [-0.1, -0.05) is 19.1 Å². The highest BCUT2D eigenvalue weighted by Crippen LogP contribution is 2.30. The molecule has 4 aromatic rings. The van der Waals surface area contributed by atoms with Crippen LogP contribution in [0.15, 0.2) is 79.1 Å². The van der Waals surface area contributed by atoms with Gasteiger partial charge in [-0.15, -0.1) is 0 Å². The maximum Gasteiger partial charge on any atom is 0.416 e. The van der Waals surface area contributed by atoms with Crippen molar-refractivity contribution in [3.63, 3.8) is 0 Å². The second-order valence-corrected chi connectivity index (χ2v) is 10.6. The highest BCUT2D eigenvalue weighted by Gasteiger charge is 2.31. The number of nitrogens with zero attached hydrogens (tertiary/aromatic N) is 3. The van der Waals surface area contributed by atoms with E-state index in [4.69, 9.17) is 0 Å². The van der Waals surface area contributed by atoms with Gasteiger partial charge in [0.25, 0.3) is 17.7 Å². The molecule has 1 heterocycles. The fourth-order valence-corrected chi connectivity index (χ4v) is 4.43. The van der Waals surface area contributed by atoms with E-state index in [2.05, 4.69) is 43.1 Å². The fourth-order valence-electron chi connectivity index (χ4n) is 4.43. The predicted molar refractivity (Wildman–Crippen MR) is 170 cm³/mol. The first-order valence-electron chi connectivity index (χ1n) is 14.5. The molecule has 46 heavy (non-hydrogen) atoms. The number of carbonyl (C=O) groups is 3. The molecule has 3 amide bonds. The average molecular weight is 634 g/mol. The first kappa shape index (κ1) is 33.6. The highest BCUT2D eigenvalue weighted by atomic mass is 19.4. The Bertz CT molecular complexity index is 1680. The smallest absolute Gasteiger partial charge is 0.351 e. The van der Waals surface area contributed by atoms with E-state index in [1.54, 1.807) is 43.3 Å². The second-order valence-electron chi connectivity index (χ2n) is 10.6. The molecule has 13 heteroatoms. The molecule has 0 spiro atoms. The van der Waals surface area contributed by atoms with Crippen molar-refractivity contribution in [3.05, 3.63) is 107 Å². The Kier molecular flexibility index (Phi) is 11.0. The SMILES string of the molecule is CCCN(C)CCNC(=O)c1ccc(Nc2ncc(NC(=O)c3cc(NC(=O)c4cccc(C(F)(F)F)c4)ccc3C)cn2)cc1. The Labute approximate surface area is 264 Å². The van der Waals surface area contributed by atoms with Gasteiger partial charge in [0.15, 0.2) is 0 Å². The monoisotopic (exact) mass is 633 g/mol. The van der Waals surface area contributed by atoms with Crippen LogP contribution >= 0.6 is 0 Å². The Morgan fingerprint density at radius 1 is 0.783 bits per heavy atom. The van der Waals surface area contributed by atoms with E-state index >= 15 is 0 Å². The number of rotatable bonds is 12. The topological polar surface area (TPSA) is 128 Å². The van der Waals surface area contributed by atoms with Gasteiger partial charge >= 0.3 is 6.18 Å². The molecule has 0 aliphatic carbocycles. The lowest BCUT2D eigenvalue weighted by molar-refractivity contribution is -0.137. The minimum Gasteiger partial charge on any atom is -0.351 e. The van der Waals surface area contributed by atoms with Gasteiger partial charge < -0.3 is 26.2 Å². The molecule has 0 saturated carbocycles. The van der Waals surface area contributed by atoms with E-state index in [9.17, 15) is 27.6 Å². The van der Waals surface area contributed by atoms with Crippen LogP contribution in [-0.4, -0.2) is 59.3 Å². The molecule has 240 valence electrons. The molecular formula is C33H34F3N7O3. The number of halogens is 3. The quantitative estimate of drug-likeness (QED) is 0.148. The third-order valence-electron chi connectivity index (χ3n) is 6.89. The van der Waals surface area contributed by atoms with E-state index in [1.807, 2.05) is 7.05 Å².